The molecule has 0 radical (unpaired) electrons. The Balaban J connectivity index is 1.82. The van der Waals surface area contributed by atoms with Gasteiger partial charge in [-0.05, 0) is 72.8 Å². The van der Waals surface area contributed by atoms with E-state index in [0.29, 0.717) is 30.5 Å². The Kier molecular flexibility index (Phi) is 5.73. The number of hydrogen-bond donors (Lipinski definition) is 1. The summed E-state index contributed by atoms with van der Waals surface area (Å²) in [7, 11) is 1.66. The largest absolute Gasteiger partial charge is 0.383 e. The van der Waals surface area contributed by atoms with E-state index >= 15 is 0 Å². The topological polar surface area (TPSA) is 88.9 Å². The molecular formula is C21H28N6O2. The molecule has 3 aromatic rings. The molecule has 1 N–H and O–H groups in total. The van der Waals surface area contributed by atoms with Crippen molar-refractivity contribution in [1.29, 1.82) is 0 Å². The maximum absolute atomic E-state index is 13.1. The van der Waals surface area contributed by atoms with Gasteiger partial charge >= 0.3 is 0 Å². The van der Waals surface area contributed by atoms with Crippen LogP contribution in [-0.2, 0) is 11.3 Å². The Hall–Kier alpha value is -2.58. The highest BCUT2D eigenvalue weighted by Gasteiger charge is 2.32. The average molecular weight is 396 g/mol. The molecule has 1 unspecified atom stereocenters. The minimum absolute atomic E-state index is 0.0914. The number of aromatic nitrogens is 5. The average Bonchev–Trinajstić information content (AvgIpc) is 3.17. The van der Waals surface area contributed by atoms with E-state index in [0.717, 1.165) is 42.4 Å². The smallest absolute Gasteiger partial charge is 0.253 e. The second-order valence-electron chi connectivity index (χ2n) is 8.02. The second-order valence-corrected chi connectivity index (χ2v) is 8.02. The number of rotatable bonds is 6. The molecule has 1 saturated heterocycles. The Morgan fingerprint density at radius 1 is 1.28 bits per heavy atom. The maximum Gasteiger partial charge on any atom is 0.253 e. The lowest BCUT2D eigenvalue weighted by atomic mass is 9.95. The molecule has 1 aliphatic rings. The lowest BCUT2D eigenvalue weighted by Gasteiger charge is -2.35. The normalized spacial score (nSPS) is 17.1. The summed E-state index contributed by atoms with van der Waals surface area (Å²) in [5.74, 6) is 1.38. The van der Waals surface area contributed by atoms with E-state index < -0.39 is 0 Å². The van der Waals surface area contributed by atoms with Crippen LogP contribution in [0.1, 0.15) is 42.8 Å². The van der Waals surface area contributed by atoms with Gasteiger partial charge in [0.05, 0.1) is 13.2 Å². The fourth-order valence-electron chi connectivity index (χ4n) is 4.08. The van der Waals surface area contributed by atoms with Crippen LogP contribution >= 0.6 is 0 Å². The predicted octanol–water partition coefficient (Wildman–Crippen LogP) is 2.29. The van der Waals surface area contributed by atoms with Crippen molar-refractivity contribution >= 4 is 10.9 Å². The maximum atomic E-state index is 13.1. The molecule has 4 rings (SSSR count). The number of fused-ring (bicyclic) bond motifs is 1. The standard InChI is InChI=1S/C21H28N6O2/c1-14-6-8-26(9-7-14)19(20-23-24-25-27(20)10-11-29-3)17-13-16-12-15(2)4-5-18(16)22-21(17)28/h4-5,12-14,19H,6-11H2,1-3H3,(H,22,28). The van der Waals surface area contributed by atoms with E-state index in [1.165, 1.54) is 0 Å². The van der Waals surface area contributed by atoms with Gasteiger partial charge in [-0.15, -0.1) is 5.10 Å². The summed E-state index contributed by atoms with van der Waals surface area (Å²) in [5.41, 5.74) is 2.59. The lowest BCUT2D eigenvalue weighted by molar-refractivity contribution is 0.144. The highest BCUT2D eigenvalue weighted by molar-refractivity contribution is 5.79. The van der Waals surface area contributed by atoms with Gasteiger partial charge in [-0.1, -0.05) is 18.6 Å². The van der Waals surface area contributed by atoms with Crippen molar-refractivity contribution in [2.24, 2.45) is 5.92 Å². The van der Waals surface area contributed by atoms with Crippen molar-refractivity contribution in [3.8, 4) is 0 Å². The fraction of sp³-hybridized carbons (Fsp3) is 0.524. The van der Waals surface area contributed by atoms with Crippen LogP contribution < -0.4 is 5.56 Å². The third kappa shape index (κ3) is 4.09. The van der Waals surface area contributed by atoms with Gasteiger partial charge in [0.1, 0.15) is 6.04 Å². The van der Waals surface area contributed by atoms with Crippen LogP contribution in [0.25, 0.3) is 10.9 Å². The molecule has 8 nitrogen and oxygen atoms in total. The van der Waals surface area contributed by atoms with Crippen molar-refractivity contribution in [2.75, 3.05) is 26.8 Å². The summed E-state index contributed by atoms with van der Waals surface area (Å²) in [4.78, 5) is 18.5. The van der Waals surface area contributed by atoms with Crippen LogP contribution in [0.2, 0.25) is 0 Å². The number of pyridine rings is 1. The number of aryl methyl sites for hydroxylation is 1. The first-order valence-corrected chi connectivity index (χ1v) is 10.2. The van der Waals surface area contributed by atoms with E-state index in [2.05, 4.69) is 45.3 Å². The van der Waals surface area contributed by atoms with Gasteiger partial charge in [-0.3, -0.25) is 9.69 Å². The molecule has 1 atom stereocenters. The number of tetrazole rings is 1. The zero-order valence-electron chi connectivity index (χ0n) is 17.3. The summed E-state index contributed by atoms with van der Waals surface area (Å²) in [5, 5.41) is 13.4. The molecule has 0 aliphatic carbocycles. The third-order valence-electron chi connectivity index (χ3n) is 5.82. The summed E-state index contributed by atoms with van der Waals surface area (Å²) < 4.78 is 6.97. The molecule has 29 heavy (non-hydrogen) atoms. The predicted molar refractivity (Wildman–Crippen MR) is 111 cm³/mol. The van der Waals surface area contributed by atoms with Crippen molar-refractivity contribution < 1.29 is 4.74 Å². The number of nitrogens with one attached hydrogen (secondary N) is 1. The number of methoxy groups -OCH3 is 1. The minimum atomic E-state index is -0.289. The molecule has 8 heteroatoms. The first kappa shape index (κ1) is 19.7. The van der Waals surface area contributed by atoms with Crippen LogP contribution in [0.4, 0.5) is 0 Å². The molecule has 0 saturated carbocycles. The monoisotopic (exact) mass is 396 g/mol. The highest BCUT2D eigenvalue weighted by Crippen LogP contribution is 2.30. The molecule has 1 aromatic carbocycles. The molecule has 0 bridgehead atoms. The fourth-order valence-corrected chi connectivity index (χ4v) is 4.08. The van der Waals surface area contributed by atoms with Gasteiger partial charge in [0.2, 0.25) is 0 Å². The highest BCUT2D eigenvalue weighted by atomic mass is 16.5. The number of ether oxygens (including phenoxy) is 1. The Morgan fingerprint density at radius 2 is 2.07 bits per heavy atom. The molecule has 3 heterocycles. The second kappa shape index (κ2) is 8.42. The Morgan fingerprint density at radius 3 is 2.83 bits per heavy atom. The van der Waals surface area contributed by atoms with Crippen molar-refractivity contribution in [3.63, 3.8) is 0 Å². The third-order valence-corrected chi connectivity index (χ3v) is 5.82. The van der Waals surface area contributed by atoms with E-state index in [4.69, 9.17) is 4.74 Å². The summed E-state index contributed by atoms with van der Waals surface area (Å²) >= 11 is 0. The summed E-state index contributed by atoms with van der Waals surface area (Å²) in [6.07, 6.45) is 2.20. The number of likely N-dealkylation sites (tertiary alicyclic amines) is 1. The lowest BCUT2D eigenvalue weighted by Crippen LogP contribution is -2.40. The quantitative estimate of drug-likeness (QED) is 0.688. The van der Waals surface area contributed by atoms with Crippen molar-refractivity contribution in [1.82, 2.24) is 30.1 Å². The van der Waals surface area contributed by atoms with Gasteiger partial charge < -0.3 is 9.72 Å². The molecule has 154 valence electrons. The molecule has 0 amide bonds. The first-order valence-electron chi connectivity index (χ1n) is 10.2. The van der Waals surface area contributed by atoms with E-state index in [1.54, 1.807) is 11.8 Å². The van der Waals surface area contributed by atoms with E-state index in [1.807, 2.05) is 18.2 Å². The number of aromatic amines is 1. The Labute approximate surface area is 169 Å². The summed E-state index contributed by atoms with van der Waals surface area (Å²) in [6, 6.07) is 7.77. The molecule has 1 fully saturated rings. The SMILES string of the molecule is COCCn1nnnc1C(c1cc2cc(C)ccc2[nH]c1=O)N1CCC(C)CC1. The molecular weight excluding hydrogens is 368 g/mol. The van der Waals surface area contributed by atoms with Crippen LogP contribution in [0, 0.1) is 12.8 Å². The number of piperidine rings is 1. The number of nitrogens with zero attached hydrogens (tertiary/aromatic N) is 5. The van der Waals surface area contributed by atoms with Crippen LogP contribution in [-0.4, -0.2) is 56.9 Å². The van der Waals surface area contributed by atoms with Gasteiger partial charge in [-0.2, -0.15) is 0 Å². The van der Waals surface area contributed by atoms with E-state index in [-0.39, 0.29) is 11.6 Å². The zero-order chi connectivity index (χ0) is 20.4. The number of benzene rings is 1. The number of H-pyrrole nitrogens is 1. The zero-order valence-corrected chi connectivity index (χ0v) is 17.3. The number of hydrogen-bond acceptors (Lipinski definition) is 6. The van der Waals surface area contributed by atoms with Crippen LogP contribution in [0.3, 0.4) is 0 Å². The van der Waals surface area contributed by atoms with Gasteiger partial charge in [-0.25, -0.2) is 4.68 Å². The van der Waals surface area contributed by atoms with E-state index in [9.17, 15) is 4.79 Å². The van der Waals surface area contributed by atoms with Crippen molar-refractivity contribution in [2.45, 2.75) is 39.3 Å². The first-order chi connectivity index (χ1) is 14.1. The summed E-state index contributed by atoms with van der Waals surface area (Å²) in [6.45, 7) is 7.21. The molecule has 2 aromatic heterocycles. The van der Waals surface area contributed by atoms with Crippen molar-refractivity contribution in [3.05, 3.63) is 51.6 Å². The molecule has 1 aliphatic heterocycles. The van der Waals surface area contributed by atoms with Gasteiger partial charge in [0, 0.05) is 18.2 Å². The minimum Gasteiger partial charge on any atom is -0.383 e. The Bertz CT molecular complexity index is 1040. The van der Waals surface area contributed by atoms with Gasteiger partial charge in [0.25, 0.3) is 5.56 Å². The van der Waals surface area contributed by atoms with Gasteiger partial charge in [0.15, 0.2) is 5.82 Å². The van der Waals surface area contributed by atoms with Crippen LogP contribution in [0.5, 0.6) is 0 Å². The molecule has 0 spiro atoms. The van der Waals surface area contributed by atoms with Crippen LogP contribution in [0.15, 0.2) is 29.1 Å².